The lowest BCUT2D eigenvalue weighted by atomic mass is 9.73. The molecule has 36 heavy (non-hydrogen) atoms. The maximum absolute atomic E-state index is 13.8. The highest BCUT2D eigenvalue weighted by Crippen LogP contribution is 2.43. The number of nitro groups is 1. The molecule has 0 spiro atoms. The molecule has 3 aromatic rings. The van der Waals surface area contributed by atoms with E-state index in [0.717, 1.165) is 0 Å². The maximum atomic E-state index is 13.8. The van der Waals surface area contributed by atoms with E-state index in [2.05, 4.69) is 10.2 Å². The highest BCUT2D eigenvalue weighted by atomic mass is 16.6. The number of amides is 2. The highest BCUT2D eigenvalue weighted by Gasteiger charge is 2.50. The zero-order chi connectivity index (χ0) is 25.4. The summed E-state index contributed by atoms with van der Waals surface area (Å²) in [5.74, 6) is -2.94. The molecule has 0 N–H and O–H groups in total. The summed E-state index contributed by atoms with van der Waals surface area (Å²) in [5, 5.41) is 23.3. The van der Waals surface area contributed by atoms with Gasteiger partial charge in [-0.1, -0.05) is 48.5 Å². The fourth-order valence-corrected chi connectivity index (χ4v) is 4.92. The number of anilines is 2. The first-order valence-corrected chi connectivity index (χ1v) is 11.5. The van der Waals surface area contributed by atoms with Crippen LogP contribution in [0.3, 0.4) is 0 Å². The third kappa shape index (κ3) is 3.94. The highest BCUT2D eigenvalue weighted by molar-refractivity contribution is 6.19. The Morgan fingerprint density at radius 3 is 1.67 bits per heavy atom. The van der Waals surface area contributed by atoms with Gasteiger partial charge in [-0.2, -0.15) is 10.2 Å². The summed E-state index contributed by atoms with van der Waals surface area (Å²) in [7, 11) is 0. The second-order valence-corrected chi connectivity index (χ2v) is 8.79. The minimum Gasteiger partial charge on any atom is -0.272 e. The van der Waals surface area contributed by atoms with Crippen molar-refractivity contribution >= 4 is 40.3 Å². The Kier molecular flexibility index (Phi) is 5.89. The Bertz CT molecular complexity index is 1320. The number of nitrogens with zero attached hydrogens (tertiary/aromatic N) is 5. The molecule has 5 rings (SSSR count). The topological polar surface area (TPSA) is 108 Å². The van der Waals surface area contributed by atoms with Crippen LogP contribution >= 0.6 is 0 Å². The van der Waals surface area contributed by atoms with Crippen LogP contribution in [-0.4, -0.2) is 28.2 Å². The molecule has 0 saturated heterocycles. The fourth-order valence-electron chi connectivity index (χ4n) is 4.92. The molecule has 0 aliphatic carbocycles. The van der Waals surface area contributed by atoms with Crippen LogP contribution in [0.15, 0.2) is 95.1 Å². The van der Waals surface area contributed by atoms with Gasteiger partial charge in [-0.25, -0.2) is 10.0 Å². The molecule has 2 atom stereocenters. The van der Waals surface area contributed by atoms with Gasteiger partial charge in [-0.15, -0.1) is 0 Å². The first-order chi connectivity index (χ1) is 17.4. The Labute approximate surface area is 207 Å². The van der Waals surface area contributed by atoms with Crippen molar-refractivity contribution in [1.29, 1.82) is 0 Å². The number of para-hydroxylation sites is 2. The fraction of sp³-hybridized carbons (Fsp3) is 0.185. The van der Waals surface area contributed by atoms with E-state index in [0.29, 0.717) is 28.4 Å². The molecule has 0 bridgehead atoms. The van der Waals surface area contributed by atoms with E-state index in [4.69, 9.17) is 0 Å². The largest absolute Gasteiger partial charge is 0.272 e. The molecule has 0 fully saturated rings. The zero-order valence-corrected chi connectivity index (χ0v) is 19.7. The van der Waals surface area contributed by atoms with Crippen LogP contribution < -0.4 is 10.0 Å². The Morgan fingerprint density at radius 2 is 1.22 bits per heavy atom. The average molecular weight is 482 g/mol. The first kappa shape index (κ1) is 23.1. The van der Waals surface area contributed by atoms with Crippen LogP contribution in [0.2, 0.25) is 0 Å². The molecule has 0 saturated carbocycles. The van der Waals surface area contributed by atoms with Gasteiger partial charge in [0.15, 0.2) is 0 Å². The van der Waals surface area contributed by atoms with Crippen LogP contribution in [0, 0.1) is 22.0 Å². The summed E-state index contributed by atoms with van der Waals surface area (Å²) in [6.07, 6.45) is 0. The quantitative estimate of drug-likeness (QED) is 0.374. The molecule has 3 aromatic carbocycles. The van der Waals surface area contributed by atoms with Gasteiger partial charge in [0.25, 0.3) is 17.5 Å². The van der Waals surface area contributed by atoms with E-state index in [-0.39, 0.29) is 17.5 Å². The van der Waals surface area contributed by atoms with Gasteiger partial charge in [-0.05, 0) is 43.7 Å². The normalized spacial score (nSPS) is 19.6. The molecule has 2 heterocycles. The number of non-ortho nitro benzene ring substituents is 1. The standard InChI is InChI=1S/C27H23N5O4/c1-17-23(26(33)30(28-17)20-11-5-3-6-12-20)25(19-10-9-15-22(16-19)32(35)36)24-18(2)29-31(27(24)34)21-13-7-4-8-14-21/h3-16,23-25H,1-2H3/t23-,24-/m0/s1. The first-order valence-electron chi connectivity index (χ1n) is 11.5. The van der Waals surface area contributed by atoms with Crippen LogP contribution in [0.4, 0.5) is 17.1 Å². The van der Waals surface area contributed by atoms with Crippen molar-refractivity contribution in [2.45, 2.75) is 19.8 Å². The van der Waals surface area contributed by atoms with Crippen molar-refractivity contribution in [2.75, 3.05) is 10.0 Å². The van der Waals surface area contributed by atoms with Crippen LogP contribution in [0.25, 0.3) is 0 Å². The van der Waals surface area contributed by atoms with E-state index >= 15 is 0 Å². The smallest absolute Gasteiger partial charge is 0.269 e. The van der Waals surface area contributed by atoms with Crippen LogP contribution in [0.5, 0.6) is 0 Å². The Morgan fingerprint density at radius 1 is 0.750 bits per heavy atom. The molecule has 0 radical (unpaired) electrons. The van der Waals surface area contributed by atoms with Gasteiger partial charge in [0.05, 0.1) is 28.1 Å². The summed E-state index contributed by atoms with van der Waals surface area (Å²) in [6.45, 7) is 3.49. The van der Waals surface area contributed by atoms with E-state index in [1.54, 1.807) is 50.2 Å². The zero-order valence-electron chi connectivity index (χ0n) is 19.7. The van der Waals surface area contributed by atoms with Crippen LogP contribution in [0.1, 0.15) is 25.3 Å². The van der Waals surface area contributed by atoms with Gasteiger partial charge in [0.2, 0.25) is 0 Å². The van der Waals surface area contributed by atoms with Crippen LogP contribution in [-0.2, 0) is 9.59 Å². The van der Waals surface area contributed by atoms with Gasteiger partial charge in [0.1, 0.15) is 0 Å². The van der Waals surface area contributed by atoms with Gasteiger partial charge >= 0.3 is 0 Å². The summed E-state index contributed by atoms with van der Waals surface area (Å²) in [5.41, 5.74) is 2.66. The van der Waals surface area contributed by atoms with Gasteiger partial charge in [0, 0.05) is 29.5 Å². The molecule has 2 aliphatic rings. The number of hydrogen-bond acceptors (Lipinski definition) is 6. The molecule has 0 aromatic heterocycles. The van der Waals surface area contributed by atoms with E-state index in [9.17, 15) is 19.7 Å². The number of carbonyl (C=O) groups is 2. The molecule has 2 amide bonds. The third-order valence-electron chi connectivity index (χ3n) is 6.55. The Hall–Kier alpha value is -4.66. The molecular formula is C27H23N5O4. The number of nitro benzene ring substituents is 1. The second kappa shape index (κ2) is 9.18. The van der Waals surface area contributed by atoms with Crippen molar-refractivity contribution in [1.82, 2.24) is 0 Å². The second-order valence-electron chi connectivity index (χ2n) is 8.79. The molecule has 0 unspecified atom stereocenters. The Balaban J connectivity index is 1.60. The monoisotopic (exact) mass is 481 g/mol. The lowest BCUT2D eigenvalue weighted by Crippen LogP contribution is -2.40. The van der Waals surface area contributed by atoms with Crippen molar-refractivity contribution < 1.29 is 14.5 Å². The molecule has 9 nitrogen and oxygen atoms in total. The minimum atomic E-state index is -0.804. The third-order valence-corrected chi connectivity index (χ3v) is 6.55. The minimum absolute atomic E-state index is 0.114. The van der Waals surface area contributed by atoms with Crippen molar-refractivity contribution in [3.63, 3.8) is 0 Å². The van der Waals surface area contributed by atoms with E-state index in [1.165, 1.54) is 22.2 Å². The van der Waals surface area contributed by atoms with Crippen molar-refractivity contribution in [2.24, 2.45) is 22.0 Å². The maximum Gasteiger partial charge on any atom is 0.269 e. The molecule has 180 valence electrons. The number of benzene rings is 3. The van der Waals surface area contributed by atoms with E-state index in [1.807, 2.05) is 36.4 Å². The molecule has 2 aliphatic heterocycles. The predicted molar refractivity (Wildman–Crippen MR) is 137 cm³/mol. The summed E-state index contributed by atoms with van der Waals surface area (Å²) < 4.78 is 0. The SMILES string of the molecule is CC1=NN(c2ccccc2)C(=O)[C@@H]1C(c1cccc([N+](=O)[O-])c1)[C@H]1C(=O)N(c2ccccc2)N=C1C. The van der Waals surface area contributed by atoms with E-state index < -0.39 is 22.7 Å². The lowest BCUT2D eigenvalue weighted by molar-refractivity contribution is -0.384. The summed E-state index contributed by atoms with van der Waals surface area (Å²) >= 11 is 0. The number of carbonyl (C=O) groups excluding carboxylic acids is 2. The molecular weight excluding hydrogens is 458 g/mol. The van der Waals surface area contributed by atoms with Crippen molar-refractivity contribution in [3.05, 3.63) is 101 Å². The summed E-state index contributed by atoms with van der Waals surface area (Å²) in [4.78, 5) is 38.6. The molecule has 9 heteroatoms. The number of hydrogen-bond donors (Lipinski definition) is 0. The number of hydrazone groups is 2. The summed E-state index contributed by atoms with van der Waals surface area (Å²) in [6, 6.07) is 24.2. The predicted octanol–water partition coefficient (Wildman–Crippen LogP) is 4.76. The lowest BCUT2D eigenvalue weighted by Gasteiger charge is -2.28. The van der Waals surface area contributed by atoms with Crippen molar-refractivity contribution in [3.8, 4) is 0 Å². The van der Waals surface area contributed by atoms with Gasteiger partial charge in [-0.3, -0.25) is 19.7 Å². The average Bonchev–Trinajstić information content (AvgIpc) is 3.36. The van der Waals surface area contributed by atoms with Gasteiger partial charge < -0.3 is 0 Å². The number of rotatable bonds is 6.